The Bertz CT molecular complexity index is 1020. The molecule has 0 saturated carbocycles. The molecule has 2 atom stereocenters. The highest BCUT2D eigenvalue weighted by molar-refractivity contribution is 5.82. The lowest BCUT2D eigenvalue weighted by Crippen LogP contribution is -2.37. The second-order valence-corrected chi connectivity index (χ2v) is 8.30. The quantitative estimate of drug-likeness (QED) is 0.236. The number of ether oxygens (including phenoxy) is 1. The summed E-state index contributed by atoms with van der Waals surface area (Å²) in [5, 5.41) is 12.8. The first-order chi connectivity index (χ1) is 16.3. The third-order valence-corrected chi connectivity index (χ3v) is 5.67. The predicted molar refractivity (Wildman–Crippen MR) is 133 cm³/mol. The number of carbonyl (C=O) groups excluding carboxylic acids is 2. The van der Waals surface area contributed by atoms with Gasteiger partial charge in [-0.2, -0.15) is 0 Å². The highest BCUT2D eigenvalue weighted by Crippen LogP contribution is 2.32. The normalized spacial score (nSPS) is 12.5. The van der Waals surface area contributed by atoms with Gasteiger partial charge < -0.3 is 15.2 Å². The number of rotatable bonds is 13. The van der Waals surface area contributed by atoms with Crippen molar-refractivity contribution in [2.45, 2.75) is 57.6 Å². The second-order valence-electron chi connectivity index (χ2n) is 8.30. The summed E-state index contributed by atoms with van der Waals surface area (Å²) in [6.45, 7) is 9.16. The van der Waals surface area contributed by atoms with E-state index in [4.69, 9.17) is 4.74 Å². The number of methoxy groups -OCH3 is 1. The molecule has 2 aromatic rings. The van der Waals surface area contributed by atoms with Crippen LogP contribution >= 0.6 is 0 Å². The van der Waals surface area contributed by atoms with Gasteiger partial charge in [0.1, 0.15) is 11.9 Å². The minimum absolute atomic E-state index is 0.0939. The van der Waals surface area contributed by atoms with Crippen LogP contribution in [0.5, 0.6) is 0 Å². The number of aryl methyl sites for hydroxylation is 2. The highest BCUT2D eigenvalue weighted by atomic mass is 19.1. The highest BCUT2D eigenvalue weighted by Gasteiger charge is 2.23. The second kappa shape index (κ2) is 13.5. The Morgan fingerprint density at radius 3 is 2.62 bits per heavy atom. The zero-order valence-electron chi connectivity index (χ0n) is 20.0. The number of allylic oxidation sites excluding steroid dienone is 1. The van der Waals surface area contributed by atoms with Crippen LogP contribution in [0.2, 0.25) is 0 Å². The summed E-state index contributed by atoms with van der Waals surface area (Å²) in [7, 11) is 1.28. The fourth-order valence-corrected chi connectivity index (χ4v) is 3.97. The van der Waals surface area contributed by atoms with Crippen molar-refractivity contribution in [1.82, 2.24) is 5.32 Å². The van der Waals surface area contributed by atoms with E-state index >= 15 is 0 Å². The molecule has 6 heteroatoms. The fraction of sp³-hybridized carbons (Fsp3) is 0.357. The van der Waals surface area contributed by atoms with Gasteiger partial charge in [-0.05, 0) is 78.6 Å². The first-order valence-electron chi connectivity index (χ1n) is 11.5. The molecule has 0 saturated heterocycles. The number of aliphatic hydroxyl groups excluding tert-OH is 1. The Kier molecular flexibility index (Phi) is 10.7. The Balaban J connectivity index is 2.43. The SMILES string of the molecule is C=CCCCCc1cc(F)cc(C)c1-c1cccc([C@H](CC(=O)OC)NC(=O)[C@H](O)CC=C)c1. The van der Waals surface area contributed by atoms with E-state index in [0.717, 1.165) is 47.9 Å². The van der Waals surface area contributed by atoms with E-state index in [0.29, 0.717) is 5.56 Å². The smallest absolute Gasteiger partial charge is 0.307 e. The van der Waals surface area contributed by atoms with Crippen molar-refractivity contribution in [3.05, 3.63) is 84.2 Å². The molecule has 34 heavy (non-hydrogen) atoms. The molecule has 0 aliphatic rings. The lowest BCUT2D eigenvalue weighted by molar-refractivity contribution is -0.141. The Hall–Kier alpha value is -3.25. The maximum absolute atomic E-state index is 14.2. The summed E-state index contributed by atoms with van der Waals surface area (Å²) in [4.78, 5) is 24.5. The fourth-order valence-electron chi connectivity index (χ4n) is 3.97. The zero-order valence-corrected chi connectivity index (χ0v) is 20.0. The van der Waals surface area contributed by atoms with Gasteiger partial charge >= 0.3 is 5.97 Å². The lowest BCUT2D eigenvalue weighted by Gasteiger charge is -2.21. The molecule has 2 aromatic carbocycles. The Morgan fingerprint density at radius 1 is 1.18 bits per heavy atom. The van der Waals surface area contributed by atoms with Crippen molar-refractivity contribution < 1.29 is 23.8 Å². The van der Waals surface area contributed by atoms with Crippen molar-refractivity contribution in [3.63, 3.8) is 0 Å². The molecule has 0 aromatic heterocycles. The molecule has 0 fully saturated rings. The molecule has 5 nitrogen and oxygen atoms in total. The standard InChI is InChI=1S/C28H34FNO4/c1-5-7-8-9-12-22-17-23(29)15-19(3)27(22)21-14-10-13-20(16-21)24(18-26(32)34-4)30-28(33)25(31)11-6-2/h5-6,10,13-17,24-25,31H,1-2,7-9,11-12,18H2,3-4H3,(H,30,33)/t24-,25+/m0/s1. The predicted octanol–water partition coefficient (Wildman–Crippen LogP) is 5.36. The van der Waals surface area contributed by atoms with Crippen molar-refractivity contribution in [2.75, 3.05) is 7.11 Å². The van der Waals surface area contributed by atoms with Gasteiger partial charge in [0.2, 0.25) is 5.91 Å². The van der Waals surface area contributed by atoms with Crippen LogP contribution in [0.4, 0.5) is 4.39 Å². The van der Waals surface area contributed by atoms with Crippen LogP contribution < -0.4 is 5.32 Å². The largest absolute Gasteiger partial charge is 0.469 e. The van der Waals surface area contributed by atoms with Crippen LogP contribution in [0.25, 0.3) is 11.1 Å². The number of benzene rings is 2. The molecule has 0 unspecified atom stereocenters. The van der Waals surface area contributed by atoms with E-state index < -0.39 is 24.0 Å². The summed E-state index contributed by atoms with van der Waals surface area (Å²) in [6.07, 6.45) is 5.58. The number of carbonyl (C=O) groups is 2. The maximum atomic E-state index is 14.2. The van der Waals surface area contributed by atoms with Gasteiger partial charge in [0.15, 0.2) is 0 Å². The summed E-state index contributed by atoms with van der Waals surface area (Å²) in [6, 6.07) is 9.85. The zero-order chi connectivity index (χ0) is 25.1. The van der Waals surface area contributed by atoms with Gasteiger partial charge in [-0.25, -0.2) is 4.39 Å². The summed E-state index contributed by atoms with van der Waals surface area (Å²) in [5.41, 5.74) is 4.21. The molecule has 0 heterocycles. The summed E-state index contributed by atoms with van der Waals surface area (Å²) >= 11 is 0. The average Bonchev–Trinajstić information content (AvgIpc) is 2.81. The monoisotopic (exact) mass is 467 g/mol. The first kappa shape index (κ1) is 27.0. The number of amides is 1. The van der Waals surface area contributed by atoms with Gasteiger partial charge in [-0.15, -0.1) is 13.2 Å². The number of hydrogen-bond donors (Lipinski definition) is 2. The third-order valence-electron chi connectivity index (χ3n) is 5.67. The Labute approximate surface area is 201 Å². The number of aliphatic hydroxyl groups is 1. The van der Waals surface area contributed by atoms with E-state index in [1.807, 2.05) is 31.2 Å². The van der Waals surface area contributed by atoms with Gasteiger partial charge in [-0.1, -0.05) is 30.4 Å². The van der Waals surface area contributed by atoms with Gasteiger partial charge in [0.05, 0.1) is 19.6 Å². The molecule has 2 rings (SSSR count). The molecule has 182 valence electrons. The molecule has 0 spiro atoms. The van der Waals surface area contributed by atoms with Gasteiger partial charge in [-0.3, -0.25) is 9.59 Å². The molecule has 1 amide bonds. The van der Waals surface area contributed by atoms with E-state index in [9.17, 15) is 19.1 Å². The molecule has 0 bridgehead atoms. The van der Waals surface area contributed by atoms with Crippen molar-refractivity contribution in [3.8, 4) is 11.1 Å². The Morgan fingerprint density at radius 2 is 1.94 bits per heavy atom. The van der Waals surface area contributed by atoms with E-state index in [1.165, 1.54) is 19.3 Å². The third kappa shape index (κ3) is 7.66. The van der Waals surface area contributed by atoms with Crippen LogP contribution in [-0.4, -0.2) is 30.2 Å². The van der Waals surface area contributed by atoms with Gasteiger partial charge in [0.25, 0.3) is 0 Å². The minimum atomic E-state index is -1.26. The van der Waals surface area contributed by atoms with Crippen LogP contribution in [-0.2, 0) is 20.7 Å². The number of halogens is 1. The van der Waals surface area contributed by atoms with E-state index in [2.05, 4.69) is 18.5 Å². The first-order valence-corrected chi connectivity index (χ1v) is 11.5. The minimum Gasteiger partial charge on any atom is -0.469 e. The molecule has 0 aliphatic carbocycles. The van der Waals surface area contributed by atoms with Crippen LogP contribution in [0.15, 0.2) is 61.7 Å². The average molecular weight is 468 g/mol. The molecule has 0 radical (unpaired) electrons. The van der Waals surface area contributed by atoms with Crippen molar-refractivity contribution >= 4 is 11.9 Å². The van der Waals surface area contributed by atoms with Crippen LogP contribution in [0, 0.1) is 12.7 Å². The number of unbranched alkanes of at least 4 members (excludes halogenated alkanes) is 2. The van der Waals surface area contributed by atoms with E-state index in [1.54, 1.807) is 12.1 Å². The van der Waals surface area contributed by atoms with Crippen molar-refractivity contribution in [2.24, 2.45) is 0 Å². The lowest BCUT2D eigenvalue weighted by atomic mass is 9.90. The number of esters is 1. The molecular weight excluding hydrogens is 433 g/mol. The van der Waals surface area contributed by atoms with Crippen LogP contribution in [0.3, 0.4) is 0 Å². The summed E-state index contributed by atoms with van der Waals surface area (Å²) < 4.78 is 19.0. The molecular formula is C28H34FNO4. The van der Waals surface area contributed by atoms with Crippen molar-refractivity contribution in [1.29, 1.82) is 0 Å². The molecule has 0 aliphatic heterocycles. The maximum Gasteiger partial charge on any atom is 0.307 e. The molecule has 2 N–H and O–H groups in total. The number of nitrogens with one attached hydrogen (secondary N) is 1. The topological polar surface area (TPSA) is 75.6 Å². The van der Waals surface area contributed by atoms with Gasteiger partial charge in [0, 0.05) is 6.42 Å². The number of hydrogen-bond acceptors (Lipinski definition) is 4. The van der Waals surface area contributed by atoms with Crippen LogP contribution in [0.1, 0.15) is 54.8 Å². The van der Waals surface area contributed by atoms with E-state index in [-0.39, 0.29) is 18.7 Å². The summed E-state index contributed by atoms with van der Waals surface area (Å²) in [5.74, 6) is -1.36.